The van der Waals surface area contributed by atoms with Crippen molar-refractivity contribution in [1.29, 1.82) is 0 Å². The van der Waals surface area contributed by atoms with E-state index in [9.17, 15) is 0 Å². The fourth-order valence-corrected chi connectivity index (χ4v) is 3.64. The lowest BCUT2D eigenvalue weighted by molar-refractivity contribution is 0.168. The van der Waals surface area contributed by atoms with Gasteiger partial charge < -0.3 is 5.32 Å². The number of hydrogen-bond acceptors (Lipinski definition) is 3. The highest BCUT2D eigenvalue weighted by molar-refractivity contribution is 7.10. The molecule has 0 spiro atoms. The Bertz CT molecular complexity index is 332. The zero-order chi connectivity index (χ0) is 11.0. The van der Waals surface area contributed by atoms with E-state index in [1.165, 1.54) is 32.4 Å². The van der Waals surface area contributed by atoms with Crippen LogP contribution in [0, 0.1) is 0 Å². The van der Waals surface area contributed by atoms with Crippen molar-refractivity contribution in [2.75, 3.05) is 20.1 Å². The fourth-order valence-electron chi connectivity index (χ4n) is 2.81. The van der Waals surface area contributed by atoms with Gasteiger partial charge in [-0.1, -0.05) is 6.07 Å². The Balaban J connectivity index is 1.73. The topological polar surface area (TPSA) is 15.3 Å². The van der Waals surface area contributed by atoms with Crippen LogP contribution in [-0.4, -0.2) is 37.1 Å². The summed E-state index contributed by atoms with van der Waals surface area (Å²) >= 11 is 1.92. The highest BCUT2D eigenvalue weighted by Crippen LogP contribution is 2.35. The maximum Gasteiger partial charge on any atom is 0.0198 e. The first-order valence-electron chi connectivity index (χ1n) is 6.31. The normalized spacial score (nSPS) is 31.8. The van der Waals surface area contributed by atoms with Crippen molar-refractivity contribution in [2.24, 2.45) is 0 Å². The van der Waals surface area contributed by atoms with Crippen LogP contribution >= 0.6 is 11.3 Å². The van der Waals surface area contributed by atoms with E-state index in [4.69, 9.17) is 0 Å². The van der Waals surface area contributed by atoms with Crippen molar-refractivity contribution in [3.05, 3.63) is 22.4 Å². The standard InChI is InChI=1S/C13H20N2S/c1-14-11-7-10(13-3-2-6-16-13)8-15(9-11)12-4-5-12/h2-3,6,10-12,14H,4-5,7-9H2,1H3. The van der Waals surface area contributed by atoms with Crippen LogP contribution in [0.5, 0.6) is 0 Å². The number of likely N-dealkylation sites (N-methyl/N-ethyl adjacent to an activating group) is 1. The van der Waals surface area contributed by atoms with Crippen molar-refractivity contribution in [3.63, 3.8) is 0 Å². The van der Waals surface area contributed by atoms with Gasteiger partial charge in [0, 0.05) is 36.0 Å². The molecule has 2 nitrogen and oxygen atoms in total. The third-order valence-electron chi connectivity index (χ3n) is 3.90. The number of hydrogen-bond donors (Lipinski definition) is 1. The van der Waals surface area contributed by atoms with Gasteiger partial charge in [-0.15, -0.1) is 11.3 Å². The third kappa shape index (κ3) is 2.17. The molecule has 2 heterocycles. The zero-order valence-electron chi connectivity index (χ0n) is 9.86. The molecular weight excluding hydrogens is 216 g/mol. The summed E-state index contributed by atoms with van der Waals surface area (Å²) in [4.78, 5) is 4.28. The Morgan fingerprint density at radius 2 is 2.25 bits per heavy atom. The second-order valence-electron chi connectivity index (χ2n) is 5.12. The summed E-state index contributed by atoms with van der Waals surface area (Å²) in [5.41, 5.74) is 0. The first-order chi connectivity index (χ1) is 7.86. The molecule has 2 aliphatic rings. The largest absolute Gasteiger partial charge is 0.316 e. The van der Waals surface area contributed by atoms with Crippen molar-refractivity contribution in [1.82, 2.24) is 10.2 Å². The van der Waals surface area contributed by atoms with E-state index < -0.39 is 0 Å². The Hall–Kier alpha value is -0.380. The van der Waals surface area contributed by atoms with Crippen molar-refractivity contribution in [3.8, 4) is 0 Å². The SMILES string of the molecule is CNC1CC(c2cccs2)CN(C2CC2)C1. The van der Waals surface area contributed by atoms with Crippen molar-refractivity contribution >= 4 is 11.3 Å². The Kier molecular flexibility index (Phi) is 3.01. The van der Waals surface area contributed by atoms with Crippen LogP contribution in [0.4, 0.5) is 0 Å². The van der Waals surface area contributed by atoms with Crippen LogP contribution in [0.25, 0.3) is 0 Å². The van der Waals surface area contributed by atoms with E-state index in [1.54, 1.807) is 4.88 Å². The number of likely N-dealkylation sites (tertiary alicyclic amines) is 1. The fraction of sp³-hybridized carbons (Fsp3) is 0.692. The van der Waals surface area contributed by atoms with Gasteiger partial charge in [0.1, 0.15) is 0 Å². The molecule has 88 valence electrons. The summed E-state index contributed by atoms with van der Waals surface area (Å²) in [5, 5.41) is 5.68. The van der Waals surface area contributed by atoms with Crippen LogP contribution in [0.1, 0.15) is 30.1 Å². The molecule has 1 N–H and O–H groups in total. The molecular formula is C13H20N2S. The highest BCUT2D eigenvalue weighted by atomic mass is 32.1. The van der Waals surface area contributed by atoms with Gasteiger partial charge in [0.2, 0.25) is 0 Å². The van der Waals surface area contributed by atoms with Gasteiger partial charge in [-0.3, -0.25) is 4.90 Å². The first kappa shape index (κ1) is 10.8. The molecule has 3 rings (SSSR count). The Morgan fingerprint density at radius 1 is 1.38 bits per heavy atom. The predicted molar refractivity (Wildman–Crippen MR) is 69.1 cm³/mol. The Morgan fingerprint density at radius 3 is 2.88 bits per heavy atom. The van der Waals surface area contributed by atoms with Gasteiger partial charge in [0.25, 0.3) is 0 Å². The molecule has 1 aromatic heterocycles. The lowest BCUT2D eigenvalue weighted by Gasteiger charge is -2.37. The summed E-state index contributed by atoms with van der Waals surface area (Å²) in [7, 11) is 2.10. The van der Waals surface area contributed by atoms with Gasteiger partial charge in [-0.2, -0.15) is 0 Å². The minimum absolute atomic E-state index is 0.682. The summed E-state index contributed by atoms with van der Waals surface area (Å²) in [6.07, 6.45) is 4.15. The Labute approximate surface area is 102 Å². The number of nitrogens with one attached hydrogen (secondary N) is 1. The summed E-state index contributed by atoms with van der Waals surface area (Å²) in [6.45, 7) is 2.53. The third-order valence-corrected chi connectivity index (χ3v) is 4.93. The van der Waals surface area contributed by atoms with Crippen LogP contribution in [0.2, 0.25) is 0 Å². The minimum Gasteiger partial charge on any atom is -0.316 e. The maximum atomic E-state index is 3.47. The van der Waals surface area contributed by atoms with Gasteiger partial charge in [0.15, 0.2) is 0 Å². The molecule has 2 unspecified atom stereocenters. The summed E-state index contributed by atoms with van der Waals surface area (Å²) < 4.78 is 0. The molecule has 1 aliphatic carbocycles. The molecule has 3 heteroatoms. The van der Waals surface area contributed by atoms with Crippen LogP contribution in [0.3, 0.4) is 0 Å². The zero-order valence-corrected chi connectivity index (χ0v) is 10.7. The second kappa shape index (κ2) is 4.47. The number of thiophene rings is 1. The average molecular weight is 236 g/mol. The van der Waals surface area contributed by atoms with Crippen LogP contribution in [-0.2, 0) is 0 Å². The van der Waals surface area contributed by atoms with Gasteiger partial charge in [-0.05, 0) is 37.8 Å². The molecule has 2 fully saturated rings. The predicted octanol–water partition coefficient (Wildman–Crippen LogP) is 2.29. The second-order valence-corrected chi connectivity index (χ2v) is 6.10. The number of piperidine rings is 1. The first-order valence-corrected chi connectivity index (χ1v) is 7.19. The van der Waals surface area contributed by atoms with Crippen LogP contribution in [0.15, 0.2) is 17.5 Å². The quantitative estimate of drug-likeness (QED) is 0.866. The molecule has 0 bridgehead atoms. The van der Waals surface area contributed by atoms with Crippen molar-refractivity contribution < 1.29 is 0 Å². The van der Waals surface area contributed by atoms with E-state index in [0.717, 1.165) is 12.0 Å². The van der Waals surface area contributed by atoms with E-state index in [2.05, 4.69) is 34.8 Å². The van der Waals surface area contributed by atoms with Gasteiger partial charge >= 0.3 is 0 Å². The molecule has 1 saturated carbocycles. The molecule has 1 saturated heterocycles. The lowest BCUT2D eigenvalue weighted by Crippen LogP contribution is -2.48. The minimum atomic E-state index is 0.682. The molecule has 0 amide bonds. The van der Waals surface area contributed by atoms with E-state index in [-0.39, 0.29) is 0 Å². The maximum absolute atomic E-state index is 3.47. The molecule has 16 heavy (non-hydrogen) atoms. The monoisotopic (exact) mass is 236 g/mol. The summed E-state index contributed by atoms with van der Waals surface area (Å²) in [5.74, 6) is 0.756. The molecule has 1 aliphatic heterocycles. The molecule has 2 atom stereocenters. The smallest absolute Gasteiger partial charge is 0.0198 e. The van der Waals surface area contributed by atoms with E-state index in [0.29, 0.717) is 6.04 Å². The van der Waals surface area contributed by atoms with Gasteiger partial charge in [-0.25, -0.2) is 0 Å². The molecule has 1 aromatic rings. The lowest BCUT2D eigenvalue weighted by atomic mass is 9.93. The summed E-state index contributed by atoms with van der Waals surface area (Å²) in [6, 6.07) is 6.07. The van der Waals surface area contributed by atoms with Crippen LogP contribution < -0.4 is 5.32 Å². The number of nitrogens with zero attached hydrogens (tertiary/aromatic N) is 1. The average Bonchev–Trinajstić information content (AvgIpc) is 3.04. The highest BCUT2D eigenvalue weighted by Gasteiger charge is 2.36. The van der Waals surface area contributed by atoms with Gasteiger partial charge in [0.05, 0.1) is 0 Å². The van der Waals surface area contributed by atoms with E-state index in [1.807, 2.05) is 11.3 Å². The molecule has 0 radical (unpaired) electrons. The number of rotatable bonds is 3. The molecule has 0 aromatic carbocycles. The van der Waals surface area contributed by atoms with Crippen molar-refractivity contribution in [2.45, 2.75) is 37.3 Å². The van der Waals surface area contributed by atoms with E-state index >= 15 is 0 Å².